The number of rotatable bonds is 3. The van der Waals surface area contributed by atoms with Crippen molar-refractivity contribution in [3.63, 3.8) is 0 Å². The molecular formula is C16H17N3OS. The highest BCUT2D eigenvalue weighted by Gasteiger charge is 2.20. The first-order chi connectivity index (χ1) is 10.2. The largest absolute Gasteiger partial charge is 0.281 e. The minimum absolute atomic E-state index is 0.137. The number of carbonyl (C=O) groups excluding carboxylic acids is 1. The fourth-order valence-corrected chi connectivity index (χ4v) is 3.59. The van der Waals surface area contributed by atoms with Crippen LogP contribution in [0.25, 0.3) is 0 Å². The van der Waals surface area contributed by atoms with Crippen LogP contribution in [0, 0.1) is 5.92 Å². The van der Waals surface area contributed by atoms with Gasteiger partial charge >= 0.3 is 0 Å². The summed E-state index contributed by atoms with van der Waals surface area (Å²) in [5.41, 5.74) is 4.77. The van der Waals surface area contributed by atoms with Crippen LogP contribution >= 0.6 is 11.3 Å². The SMILES string of the molecule is C[C@@H]1CCc2sc(C(=O)NN=Cc3cccnc3)cc2C1. The number of pyridine rings is 1. The Morgan fingerprint density at radius 2 is 2.48 bits per heavy atom. The summed E-state index contributed by atoms with van der Waals surface area (Å²) in [5.74, 6) is 0.578. The van der Waals surface area contributed by atoms with E-state index in [9.17, 15) is 4.79 Å². The molecule has 0 saturated carbocycles. The molecular weight excluding hydrogens is 282 g/mol. The smallest absolute Gasteiger partial charge is 0.266 e. The number of nitrogens with one attached hydrogen (secondary N) is 1. The molecule has 0 bridgehead atoms. The van der Waals surface area contributed by atoms with Gasteiger partial charge in [0.15, 0.2) is 0 Å². The summed E-state index contributed by atoms with van der Waals surface area (Å²) in [6.07, 6.45) is 8.38. The average Bonchev–Trinajstić information content (AvgIpc) is 2.91. The number of nitrogens with zero attached hydrogens (tertiary/aromatic N) is 2. The third kappa shape index (κ3) is 3.36. The zero-order valence-electron chi connectivity index (χ0n) is 11.9. The van der Waals surface area contributed by atoms with Crippen molar-refractivity contribution < 1.29 is 4.79 Å². The molecule has 0 aromatic carbocycles. The van der Waals surface area contributed by atoms with Crippen molar-refractivity contribution in [2.75, 3.05) is 0 Å². The van der Waals surface area contributed by atoms with E-state index < -0.39 is 0 Å². The first kappa shape index (κ1) is 13.9. The standard InChI is InChI=1S/C16H17N3OS/c1-11-4-5-14-13(7-11)8-15(21-14)16(20)19-18-10-12-3-2-6-17-9-12/h2-3,6,8-11H,4-5,7H2,1H3,(H,19,20)/t11-/m1/s1. The lowest BCUT2D eigenvalue weighted by Crippen LogP contribution is -2.16. The molecule has 1 aliphatic rings. The van der Waals surface area contributed by atoms with Crippen LogP contribution in [0.3, 0.4) is 0 Å². The highest BCUT2D eigenvalue weighted by Crippen LogP contribution is 2.32. The third-order valence-electron chi connectivity index (χ3n) is 3.62. The number of amides is 1. The maximum atomic E-state index is 12.1. The van der Waals surface area contributed by atoms with Gasteiger partial charge in [0.05, 0.1) is 11.1 Å². The molecule has 0 fully saturated rings. The summed E-state index contributed by atoms with van der Waals surface area (Å²) < 4.78 is 0. The Kier molecular flexibility index (Phi) is 4.10. The van der Waals surface area contributed by atoms with E-state index in [-0.39, 0.29) is 5.91 Å². The molecule has 0 saturated heterocycles. The summed E-state index contributed by atoms with van der Waals surface area (Å²) >= 11 is 1.59. The Labute approximate surface area is 127 Å². The van der Waals surface area contributed by atoms with Crippen LogP contribution in [0.15, 0.2) is 35.7 Å². The number of hydrogen-bond acceptors (Lipinski definition) is 4. The molecule has 5 heteroatoms. The number of carbonyl (C=O) groups is 1. The fraction of sp³-hybridized carbons (Fsp3) is 0.312. The van der Waals surface area contributed by atoms with E-state index in [1.807, 2.05) is 18.2 Å². The molecule has 108 valence electrons. The van der Waals surface area contributed by atoms with Crippen molar-refractivity contribution in [3.05, 3.63) is 51.5 Å². The second-order valence-electron chi connectivity index (χ2n) is 5.39. The maximum absolute atomic E-state index is 12.1. The maximum Gasteiger partial charge on any atom is 0.281 e. The minimum atomic E-state index is -0.137. The van der Waals surface area contributed by atoms with Gasteiger partial charge in [0.1, 0.15) is 0 Å². The van der Waals surface area contributed by atoms with Gasteiger partial charge in [0.2, 0.25) is 0 Å². The quantitative estimate of drug-likeness (QED) is 0.699. The Morgan fingerprint density at radius 3 is 3.29 bits per heavy atom. The lowest BCUT2D eigenvalue weighted by Gasteiger charge is -2.16. The number of aryl methyl sites for hydroxylation is 1. The van der Waals surface area contributed by atoms with Crippen LogP contribution in [0.1, 0.15) is 39.0 Å². The monoisotopic (exact) mass is 299 g/mol. The summed E-state index contributed by atoms with van der Waals surface area (Å²) in [6, 6.07) is 5.73. The Hall–Kier alpha value is -2.01. The molecule has 21 heavy (non-hydrogen) atoms. The predicted molar refractivity (Wildman–Crippen MR) is 84.8 cm³/mol. The lowest BCUT2D eigenvalue weighted by molar-refractivity contribution is 0.0959. The van der Waals surface area contributed by atoms with Crippen LogP contribution in [0.5, 0.6) is 0 Å². The first-order valence-corrected chi connectivity index (χ1v) is 7.89. The van der Waals surface area contributed by atoms with Gasteiger partial charge in [-0.2, -0.15) is 5.10 Å². The van der Waals surface area contributed by atoms with Crippen molar-refractivity contribution in [2.45, 2.75) is 26.2 Å². The van der Waals surface area contributed by atoms with E-state index in [4.69, 9.17) is 0 Å². The van der Waals surface area contributed by atoms with Gasteiger partial charge in [0, 0.05) is 22.8 Å². The summed E-state index contributed by atoms with van der Waals surface area (Å²) in [6.45, 7) is 2.26. The average molecular weight is 299 g/mol. The van der Waals surface area contributed by atoms with Gasteiger partial charge in [-0.05, 0) is 42.9 Å². The van der Waals surface area contributed by atoms with Crippen LogP contribution < -0.4 is 5.43 Å². The molecule has 3 rings (SSSR count). The highest BCUT2D eigenvalue weighted by atomic mass is 32.1. The predicted octanol–water partition coefficient (Wildman–Crippen LogP) is 3.03. The fourth-order valence-electron chi connectivity index (χ4n) is 2.49. The number of fused-ring (bicyclic) bond motifs is 1. The molecule has 2 aromatic rings. The van der Waals surface area contributed by atoms with Gasteiger partial charge in [0.25, 0.3) is 5.91 Å². The van der Waals surface area contributed by atoms with Gasteiger partial charge in [-0.25, -0.2) is 5.43 Å². The van der Waals surface area contributed by atoms with Crippen LogP contribution in [0.4, 0.5) is 0 Å². The normalized spacial score (nSPS) is 17.7. The molecule has 1 amide bonds. The summed E-state index contributed by atoms with van der Waals surface area (Å²) in [4.78, 5) is 18.2. The second-order valence-corrected chi connectivity index (χ2v) is 6.53. The third-order valence-corrected chi connectivity index (χ3v) is 4.85. The first-order valence-electron chi connectivity index (χ1n) is 7.07. The van der Waals surface area contributed by atoms with Crippen molar-refractivity contribution in [1.29, 1.82) is 0 Å². The molecule has 4 nitrogen and oxygen atoms in total. The molecule has 2 heterocycles. The molecule has 0 radical (unpaired) electrons. The number of thiophene rings is 1. The Balaban J connectivity index is 1.65. The highest BCUT2D eigenvalue weighted by molar-refractivity contribution is 7.14. The van der Waals surface area contributed by atoms with Crippen molar-refractivity contribution in [3.8, 4) is 0 Å². The van der Waals surface area contributed by atoms with E-state index in [1.54, 1.807) is 29.9 Å². The molecule has 1 N–H and O–H groups in total. The van der Waals surface area contributed by atoms with Gasteiger partial charge in [-0.1, -0.05) is 13.0 Å². The van der Waals surface area contributed by atoms with E-state index >= 15 is 0 Å². The topological polar surface area (TPSA) is 54.4 Å². The zero-order chi connectivity index (χ0) is 14.7. The van der Waals surface area contributed by atoms with Gasteiger partial charge in [-0.3, -0.25) is 9.78 Å². The van der Waals surface area contributed by atoms with Crippen LogP contribution in [0.2, 0.25) is 0 Å². The summed E-state index contributed by atoms with van der Waals surface area (Å²) in [7, 11) is 0. The Bertz CT molecular complexity index is 663. The van der Waals surface area contributed by atoms with Crippen molar-refractivity contribution >= 4 is 23.5 Å². The Morgan fingerprint density at radius 1 is 1.57 bits per heavy atom. The van der Waals surface area contributed by atoms with E-state index in [0.29, 0.717) is 5.92 Å². The van der Waals surface area contributed by atoms with Crippen LogP contribution in [-0.4, -0.2) is 17.1 Å². The minimum Gasteiger partial charge on any atom is -0.266 e. The van der Waals surface area contributed by atoms with E-state index in [0.717, 1.165) is 23.3 Å². The van der Waals surface area contributed by atoms with Crippen molar-refractivity contribution in [2.24, 2.45) is 11.0 Å². The van der Waals surface area contributed by atoms with E-state index in [1.165, 1.54) is 16.9 Å². The van der Waals surface area contributed by atoms with Crippen LogP contribution in [-0.2, 0) is 12.8 Å². The number of hydrazone groups is 1. The molecule has 2 aromatic heterocycles. The number of aromatic nitrogens is 1. The number of hydrogen-bond donors (Lipinski definition) is 1. The second kappa shape index (κ2) is 6.18. The van der Waals surface area contributed by atoms with Gasteiger partial charge in [-0.15, -0.1) is 11.3 Å². The molecule has 1 atom stereocenters. The lowest BCUT2D eigenvalue weighted by atomic mass is 9.90. The molecule has 0 unspecified atom stereocenters. The molecule has 1 aliphatic carbocycles. The van der Waals surface area contributed by atoms with E-state index in [2.05, 4.69) is 22.4 Å². The van der Waals surface area contributed by atoms with Crippen molar-refractivity contribution in [1.82, 2.24) is 10.4 Å². The zero-order valence-corrected chi connectivity index (χ0v) is 12.7. The molecule has 0 spiro atoms. The summed E-state index contributed by atoms with van der Waals surface area (Å²) in [5, 5.41) is 3.98. The molecule has 0 aliphatic heterocycles. The van der Waals surface area contributed by atoms with Gasteiger partial charge < -0.3 is 0 Å².